The van der Waals surface area contributed by atoms with E-state index in [2.05, 4.69) is 5.10 Å². The molecule has 90 valence electrons. The summed E-state index contributed by atoms with van der Waals surface area (Å²) in [6.07, 6.45) is 0. The fourth-order valence-corrected chi connectivity index (χ4v) is 1.75. The van der Waals surface area contributed by atoms with E-state index in [0.717, 1.165) is 5.56 Å². The van der Waals surface area contributed by atoms with Crippen molar-refractivity contribution in [2.45, 2.75) is 6.92 Å². The monoisotopic (exact) mass is 233 g/mol. The molecular formula is C12H15N3O2. The van der Waals surface area contributed by atoms with Crippen molar-refractivity contribution in [3.63, 3.8) is 0 Å². The van der Waals surface area contributed by atoms with E-state index in [-0.39, 0.29) is 5.75 Å². The standard InChI is InChI=1S/C12H15N3O2/c1-7-4-5-8(11(16)12(7)17-3)9-6-10(13)15(2)14-9/h4-6,16H,13H2,1-3H3. The maximum absolute atomic E-state index is 10.1. The summed E-state index contributed by atoms with van der Waals surface area (Å²) in [7, 11) is 3.28. The zero-order valence-corrected chi connectivity index (χ0v) is 10.1. The zero-order valence-electron chi connectivity index (χ0n) is 10.1. The first-order chi connectivity index (χ1) is 8.04. The van der Waals surface area contributed by atoms with Crippen LogP contribution in [0.25, 0.3) is 11.3 Å². The first kappa shape index (κ1) is 11.3. The number of ether oxygens (including phenoxy) is 1. The lowest BCUT2D eigenvalue weighted by Gasteiger charge is -2.09. The molecule has 2 aromatic rings. The molecule has 0 unspecified atom stereocenters. The van der Waals surface area contributed by atoms with Crippen molar-refractivity contribution in [3.05, 3.63) is 23.8 Å². The minimum atomic E-state index is 0.0885. The third kappa shape index (κ3) is 1.80. The molecular weight excluding hydrogens is 218 g/mol. The number of methoxy groups -OCH3 is 1. The van der Waals surface area contributed by atoms with Gasteiger partial charge >= 0.3 is 0 Å². The summed E-state index contributed by atoms with van der Waals surface area (Å²) >= 11 is 0. The first-order valence-corrected chi connectivity index (χ1v) is 5.21. The van der Waals surface area contributed by atoms with Crippen molar-refractivity contribution in [3.8, 4) is 22.8 Å². The van der Waals surface area contributed by atoms with Gasteiger partial charge in [-0.1, -0.05) is 6.07 Å². The Morgan fingerprint density at radius 3 is 2.65 bits per heavy atom. The number of hydrogen-bond donors (Lipinski definition) is 2. The molecule has 2 rings (SSSR count). The quantitative estimate of drug-likeness (QED) is 0.827. The van der Waals surface area contributed by atoms with Crippen LogP contribution in [0.1, 0.15) is 5.56 Å². The third-order valence-electron chi connectivity index (χ3n) is 2.72. The van der Waals surface area contributed by atoms with E-state index in [1.807, 2.05) is 13.0 Å². The normalized spacial score (nSPS) is 10.5. The summed E-state index contributed by atoms with van der Waals surface area (Å²) in [6, 6.07) is 5.39. The van der Waals surface area contributed by atoms with Gasteiger partial charge < -0.3 is 15.6 Å². The van der Waals surface area contributed by atoms with Gasteiger partial charge in [-0.05, 0) is 18.6 Å². The summed E-state index contributed by atoms with van der Waals surface area (Å²) in [5.74, 6) is 1.09. The average molecular weight is 233 g/mol. The molecule has 0 saturated carbocycles. The number of rotatable bonds is 2. The van der Waals surface area contributed by atoms with Crippen LogP contribution in [0.15, 0.2) is 18.2 Å². The number of aromatic hydroxyl groups is 1. The number of aryl methyl sites for hydroxylation is 2. The van der Waals surface area contributed by atoms with Crippen LogP contribution >= 0.6 is 0 Å². The number of phenols is 1. The SMILES string of the molecule is COc1c(C)ccc(-c2cc(N)n(C)n2)c1O. The molecule has 1 aromatic carbocycles. The number of anilines is 1. The van der Waals surface area contributed by atoms with Crippen molar-refractivity contribution < 1.29 is 9.84 Å². The summed E-state index contributed by atoms with van der Waals surface area (Å²) in [5, 5.41) is 14.3. The molecule has 0 bridgehead atoms. The Morgan fingerprint density at radius 2 is 2.12 bits per heavy atom. The first-order valence-electron chi connectivity index (χ1n) is 5.21. The van der Waals surface area contributed by atoms with Crippen molar-refractivity contribution >= 4 is 5.82 Å². The topological polar surface area (TPSA) is 73.3 Å². The van der Waals surface area contributed by atoms with Gasteiger partial charge in [0, 0.05) is 18.7 Å². The van der Waals surface area contributed by atoms with Crippen LogP contribution in [0.3, 0.4) is 0 Å². The average Bonchev–Trinajstić information content (AvgIpc) is 2.59. The van der Waals surface area contributed by atoms with Crippen molar-refractivity contribution in [1.29, 1.82) is 0 Å². The summed E-state index contributed by atoms with van der Waals surface area (Å²) in [4.78, 5) is 0. The van der Waals surface area contributed by atoms with Crippen molar-refractivity contribution in [2.75, 3.05) is 12.8 Å². The lowest BCUT2D eigenvalue weighted by atomic mass is 10.1. The summed E-state index contributed by atoms with van der Waals surface area (Å²) < 4.78 is 6.72. The van der Waals surface area contributed by atoms with Gasteiger partial charge in [0.15, 0.2) is 11.5 Å². The van der Waals surface area contributed by atoms with E-state index < -0.39 is 0 Å². The van der Waals surface area contributed by atoms with Crippen LogP contribution in [-0.2, 0) is 7.05 Å². The molecule has 5 heteroatoms. The van der Waals surface area contributed by atoms with Crippen molar-refractivity contribution in [2.24, 2.45) is 7.05 Å². The molecule has 0 spiro atoms. The molecule has 0 aliphatic rings. The Labute approximate surface area is 99.4 Å². The molecule has 0 aliphatic carbocycles. The van der Waals surface area contributed by atoms with E-state index >= 15 is 0 Å². The number of benzene rings is 1. The van der Waals surface area contributed by atoms with Crippen LogP contribution < -0.4 is 10.5 Å². The lowest BCUT2D eigenvalue weighted by molar-refractivity contribution is 0.372. The summed E-state index contributed by atoms with van der Waals surface area (Å²) in [5.41, 5.74) is 7.83. The highest BCUT2D eigenvalue weighted by Crippen LogP contribution is 2.38. The Bertz CT molecular complexity index is 542. The molecule has 0 amide bonds. The number of nitrogens with two attached hydrogens (primary N) is 1. The molecule has 3 N–H and O–H groups in total. The van der Waals surface area contributed by atoms with Gasteiger partial charge in [0.2, 0.25) is 0 Å². The number of phenolic OH excluding ortho intramolecular Hbond substituents is 1. The highest BCUT2D eigenvalue weighted by molar-refractivity contribution is 5.73. The van der Waals surface area contributed by atoms with Gasteiger partial charge in [-0.15, -0.1) is 0 Å². The fraction of sp³-hybridized carbons (Fsp3) is 0.250. The molecule has 5 nitrogen and oxygen atoms in total. The van der Waals surface area contributed by atoms with Crippen LogP contribution in [0.2, 0.25) is 0 Å². The molecule has 17 heavy (non-hydrogen) atoms. The second kappa shape index (κ2) is 4.01. The predicted molar refractivity (Wildman–Crippen MR) is 66.0 cm³/mol. The lowest BCUT2D eigenvalue weighted by Crippen LogP contribution is -1.96. The van der Waals surface area contributed by atoms with E-state index in [0.29, 0.717) is 22.8 Å². The molecule has 1 aromatic heterocycles. The van der Waals surface area contributed by atoms with Gasteiger partial charge in [-0.25, -0.2) is 0 Å². The van der Waals surface area contributed by atoms with Gasteiger partial charge in [-0.3, -0.25) is 4.68 Å². The minimum absolute atomic E-state index is 0.0885. The maximum atomic E-state index is 10.1. The van der Waals surface area contributed by atoms with E-state index in [9.17, 15) is 5.11 Å². The summed E-state index contributed by atoms with van der Waals surface area (Å²) in [6.45, 7) is 1.87. The van der Waals surface area contributed by atoms with Gasteiger partial charge in [0.05, 0.1) is 12.8 Å². The Morgan fingerprint density at radius 1 is 1.41 bits per heavy atom. The highest BCUT2D eigenvalue weighted by atomic mass is 16.5. The number of hydrogen-bond acceptors (Lipinski definition) is 4. The van der Waals surface area contributed by atoms with Crippen molar-refractivity contribution in [1.82, 2.24) is 9.78 Å². The van der Waals surface area contributed by atoms with Crippen LogP contribution in [0.4, 0.5) is 5.82 Å². The fourth-order valence-electron chi connectivity index (χ4n) is 1.75. The van der Waals surface area contributed by atoms with Gasteiger partial charge in [-0.2, -0.15) is 5.10 Å². The van der Waals surface area contributed by atoms with E-state index in [1.165, 1.54) is 7.11 Å². The molecule has 0 radical (unpaired) electrons. The Kier molecular flexibility index (Phi) is 2.67. The minimum Gasteiger partial charge on any atom is -0.504 e. The highest BCUT2D eigenvalue weighted by Gasteiger charge is 2.15. The molecule has 1 heterocycles. The Hall–Kier alpha value is -2.17. The molecule has 0 aliphatic heterocycles. The largest absolute Gasteiger partial charge is 0.504 e. The predicted octanol–water partition coefficient (Wildman–Crippen LogP) is 1.69. The number of nitrogens with zero attached hydrogens (tertiary/aromatic N) is 2. The second-order valence-corrected chi connectivity index (χ2v) is 3.89. The number of nitrogen functional groups attached to an aromatic ring is 1. The molecule has 0 fully saturated rings. The molecule has 0 saturated heterocycles. The van der Waals surface area contributed by atoms with E-state index in [4.69, 9.17) is 10.5 Å². The van der Waals surface area contributed by atoms with Crippen LogP contribution in [-0.4, -0.2) is 22.0 Å². The smallest absolute Gasteiger partial charge is 0.167 e. The van der Waals surface area contributed by atoms with Gasteiger partial charge in [0.1, 0.15) is 5.82 Å². The third-order valence-corrected chi connectivity index (χ3v) is 2.72. The van der Waals surface area contributed by atoms with E-state index in [1.54, 1.807) is 23.9 Å². The second-order valence-electron chi connectivity index (χ2n) is 3.89. The molecule has 0 atom stereocenters. The zero-order chi connectivity index (χ0) is 12.6. The van der Waals surface area contributed by atoms with Crippen LogP contribution in [0, 0.1) is 6.92 Å². The Balaban J connectivity index is 2.60. The van der Waals surface area contributed by atoms with Crippen LogP contribution in [0.5, 0.6) is 11.5 Å². The maximum Gasteiger partial charge on any atom is 0.167 e. The number of aromatic nitrogens is 2. The van der Waals surface area contributed by atoms with Gasteiger partial charge in [0.25, 0.3) is 0 Å².